The second-order valence-corrected chi connectivity index (χ2v) is 6.31. The van der Waals surface area contributed by atoms with Crippen molar-refractivity contribution < 1.29 is 24.2 Å². The minimum atomic E-state index is -0.853. The van der Waals surface area contributed by atoms with E-state index in [1.807, 2.05) is 0 Å². The molecular weight excluding hydrogens is 396 g/mol. The lowest BCUT2D eigenvalue weighted by Gasteiger charge is -2.27. The van der Waals surface area contributed by atoms with E-state index in [0.717, 1.165) is 18.2 Å². The molecule has 11 heteroatoms. The first kappa shape index (κ1) is 18.7. The summed E-state index contributed by atoms with van der Waals surface area (Å²) in [6, 6.07) is 11.3. The van der Waals surface area contributed by atoms with E-state index in [0.29, 0.717) is 5.01 Å². The van der Waals surface area contributed by atoms with Gasteiger partial charge in [0.05, 0.1) is 26.4 Å². The monoisotopic (exact) mass is 406 g/mol. The van der Waals surface area contributed by atoms with Crippen LogP contribution >= 0.6 is 0 Å². The molecule has 4 rings (SSSR count). The highest BCUT2D eigenvalue weighted by Crippen LogP contribution is 2.34. The lowest BCUT2D eigenvalue weighted by atomic mass is 9.94. The fourth-order valence-electron chi connectivity index (χ4n) is 3.24. The molecule has 0 aromatic heterocycles. The number of imide groups is 1. The Labute approximate surface area is 166 Å². The maximum Gasteiger partial charge on any atom is 0.280 e. The average molecular weight is 406 g/mol. The zero-order valence-electron chi connectivity index (χ0n) is 14.9. The molecule has 3 aromatic carbocycles. The highest BCUT2D eigenvalue weighted by atomic mass is 16.6. The van der Waals surface area contributed by atoms with Crippen LogP contribution in [-0.4, -0.2) is 32.6 Å². The molecule has 0 unspecified atom stereocenters. The van der Waals surface area contributed by atoms with Crippen molar-refractivity contribution in [3.8, 4) is 0 Å². The van der Waals surface area contributed by atoms with E-state index in [1.54, 1.807) is 0 Å². The molecule has 0 saturated heterocycles. The zero-order chi connectivity index (χ0) is 21.6. The van der Waals surface area contributed by atoms with Gasteiger partial charge in [0.15, 0.2) is 0 Å². The Morgan fingerprint density at radius 3 is 2.07 bits per heavy atom. The summed E-state index contributed by atoms with van der Waals surface area (Å²) in [4.78, 5) is 58.9. The van der Waals surface area contributed by atoms with Crippen molar-refractivity contribution in [2.45, 2.75) is 0 Å². The van der Waals surface area contributed by atoms with Crippen LogP contribution in [0.1, 0.15) is 31.1 Å². The van der Waals surface area contributed by atoms with E-state index < -0.39 is 27.6 Å². The number of hydrogen-bond donors (Lipinski definition) is 1. The topological polar surface area (TPSA) is 153 Å². The lowest BCUT2D eigenvalue weighted by Crippen LogP contribution is -2.51. The van der Waals surface area contributed by atoms with Crippen LogP contribution in [-0.2, 0) is 0 Å². The summed E-state index contributed by atoms with van der Waals surface area (Å²) in [5, 5.41) is 22.8. The van der Waals surface area contributed by atoms with Gasteiger partial charge in [0.2, 0.25) is 0 Å². The number of benzene rings is 3. The number of nitrogens with one attached hydrogen (secondary N) is 1. The van der Waals surface area contributed by atoms with Gasteiger partial charge in [-0.1, -0.05) is 6.07 Å². The normalized spacial score (nSPS) is 12.7. The van der Waals surface area contributed by atoms with Gasteiger partial charge in [0, 0.05) is 29.1 Å². The Hall–Kier alpha value is -4.67. The predicted molar refractivity (Wildman–Crippen MR) is 102 cm³/mol. The standard InChI is InChI=1S/C19H10N4O7/c24-17(10-4-6-11(7-5-10)22(27)28)20-21-18(25)13-3-1-2-12-15(23(29)30)9-8-14(16(12)13)19(21)26/h1-9H,(H,20,24). The Balaban J connectivity index is 1.71. The summed E-state index contributed by atoms with van der Waals surface area (Å²) in [5.74, 6) is -2.54. The van der Waals surface area contributed by atoms with Crippen LogP contribution in [0.25, 0.3) is 10.8 Å². The van der Waals surface area contributed by atoms with Crippen LogP contribution in [0.3, 0.4) is 0 Å². The number of hydrogen-bond acceptors (Lipinski definition) is 7. The lowest BCUT2D eigenvalue weighted by molar-refractivity contribution is -0.384. The Bertz CT molecular complexity index is 1260. The molecule has 0 fully saturated rings. The summed E-state index contributed by atoms with van der Waals surface area (Å²) in [7, 11) is 0. The first-order valence-electron chi connectivity index (χ1n) is 8.44. The van der Waals surface area contributed by atoms with Crippen molar-refractivity contribution in [2.24, 2.45) is 0 Å². The van der Waals surface area contributed by atoms with Crippen LogP contribution in [0.4, 0.5) is 11.4 Å². The smallest absolute Gasteiger partial charge is 0.267 e. The summed E-state index contributed by atoms with van der Waals surface area (Å²) in [5.41, 5.74) is 1.76. The van der Waals surface area contributed by atoms with E-state index in [2.05, 4.69) is 5.43 Å². The van der Waals surface area contributed by atoms with Gasteiger partial charge in [0.25, 0.3) is 29.1 Å². The Morgan fingerprint density at radius 2 is 1.47 bits per heavy atom. The third kappa shape index (κ3) is 2.81. The summed E-state index contributed by atoms with van der Waals surface area (Å²) in [6.07, 6.45) is 0. The fraction of sp³-hybridized carbons (Fsp3) is 0. The molecule has 0 bridgehead atoms. The molecule has 1 N–H and O–H groups in total. The average Bonchev–Trinajstić information content (AvgIpc) is 2.74. The maximum atomic E-state index is 12.8. The minimum Gasteiger partial charge on any atom is -0.267 e. The molecule has 3 aromatic rings. The quantitative estimate of drug-likeness (QED) is 0.397. The van der Waals surface area contributed by atoms with Crippen molar-refractivity contribution in [3.63, 3.8) is 0 Å². The number of nitro groups is 2. The SMILES string of the molecule is O=C(NN1C(=O)c2cccc3c([N+](=O)[O-])ccc(c23)C1=O)c1ccc([N+](=O)[O-])cc1. The largest absolute Gasteiger partial charge is 0.280 e. The molecule has 0 atom stereocenters. The van der Waals surface area contributed by atoms with Crippen LogP contribution in [0.5, 0.6) is 0 Å². The van der Waals surface area contributed by atoms with Crippen LogP contribution in [0.2, 0.25) is 0 Å². The number of hydrazine groups is 1. The Morgan fingerprint density at radius 1 is 0.833 bits per heavy atom. The molecule has 1 heterocycles. The van der Waals surface area contributed by atoms with Crippen LogP contribution < -0.4 is 5.43 Å². The van der Waals surface area contributed by atoms with Gasteiger partial charge in [-0.05, 0) is 30.3 Å². The molecule has 1 aliphatic rings. The van der Waals surface area contributed by atoms with Crippen LogP contribution in [0.15, 0.2) is 54.6 Å². The number of amides is 3. The summed E-state index contributed by atoms with van der Waals surface area (Å²) in [6.45, 7) is 0. The maximum absolute atomic E-state index is 12.8. The minimum absolute atomic E-state index is 0.00564. The van der Waals surface area contributed by atoms with Gasteiger partial charge < -0.3 is 0 Å². The number of carbonyl (C=O) groups is 3. The highest BCUT2D eigenvalue weighted by molar-refractivity contribution is 6.26. The molecule has 0 radical (unpaired) electrons. The first-order valence-corrected chi connectivity index (χ1v) is 8.44. The van der Waals surface area contributed by atoms with E-state index in [-0.39, 0.29) is 38.8 Å². The summed E-state index contributed by atoms with van der Waals surface area (Å²) >= 11 is 0. The van der Waals surface area contributed by atoms with Gasteiger partial charge in [-0.25, -0.2) is 0 Å². The molecule has 148 valence electrons. The van der Waals surface area contributed by atoms with E-state index in [1.165, 1.54) is 36.4 Å². The molecule has 3 amide bonds. The second kappa shape index (κ2) is 6.74. The van der Waals surface area contributed by atoms with Crippen molar-refractivity contribution in [1.29, 1.82) is 0 Å². The third-order valence-electron chi connectivity index (χ3n) is 4.63. The number of nitrogens with zero attached hydrogens (tertiary/aromatic N) is 3. The van der Waals surface area contributed by atoms with E-state index >= 15 is 0 Å². The number of rotatable bonds is 4. The molecular formula is C19H10N4O7. The number of carbonyl (C=O) groups excluding carboxylic acids is 3. The predicted octanol–water partition coefficient (Wildman–Crippen LogP) is 2.60. The van der Waals surface area contributed by atoms with Gasteiger partial charge in [-0.15, -0.1) is 0 Å². The van der Waals surface area contributed by atoms with Crippen LogP contribution in [0, 0.1) is 20.2 Å². The molecule has 0 aliphatic carbocycles. The summed E-state index contributed by atoms with van der Waals surface area (Å²) < 4.78 is 0. The van der Waals surface area contributed by atoms with Gasteiger partial charge in [-0.3, -0.25) is 40.0 Å². The van der Waals surface area contributed by atoms with Gasteiger partial charge in [-0.2, -0.15) is 5.01 Å². The highest BCUT2D eigenvalue weighted by Gasteiger charge is 2.36. The first-order chi connectivity index (χ1) is 14.3. The van der Waals surface area contributed by atoms with Crippen molar-refractivity contribution >= 4 is 39.9 Å². The molecule has 30 heavy (non-hydrogen) atoms. The Kier molecular flexibility index (Phi) is 4.20. The van der Waals surface area contributed by atoms with Gasteiger partial charge in [0.1, 0.15) is 0 Å². The molecule has 0 saturated carbocycles. The third-order valence-corrected chi connectivity index (χ3v) is 4.63. The van der Waals surface area contributed by atoms with Crippen molar-refractivity contribution in [1.82, 2.24) is 10.4 Å². The van der Waals surface area contributed by atoms with E-state index in [4.69, 9.17) is 0 Å². The fourth-order valence-corrected chi connectivity index (χ4v) is 3.24. The van der Waals surface area contributed by atoms with Crippen molar-refractivity contribution in [3.05, 3.63) is 91.5 Å². The molecule has 1 aliphatic heterocycles. The van der Waals surface area contributed by atoms with Gasteiger partial charge >= 0.3 is 0 Å². The number of non-ortho nitro benzene ring substituents is 2. The molecule has 11 nitrogen and oxygen atoms in total. The van der Waals surface area contributed by atoms with Crippen molar-refractivity contribution in [2.75, 3.05) is 0 Å². The zero-order valence-corrected chi connectivity index (χ0v) is 14.9. The van der Waals surface area contributed by atoms with E-state index in [9.17, 15) is 34.6 Å². The number of nitro benzene ring substituents is 2. The molecule has 0 spiro atoms. The second-order valence-electron chi connectivity index (χ2n) is 6.31.